The quantitative estimate of drug-likeness (QED) is 0.757. The number of nitrogens with one attached hydrogen (secondary N) is 1. The van der Waals surface area contributed by atoms with Gasteiger partial charge in [0.1, 0.15) is 0 Å². The summed E-state index contributed by atoms with van der Waals surface area (Å²) in [7, 11) is 0. The Morgan fingerprint density at radius 1 is 1.22 bits per heavy atom. The molecular weight excluding hydrogens is 217 g/mol. The third kappa shape index (κ3) is 2.26. The molecule has 0 aliphatic heterocycles. The molecule has 0 aromatic heterocycles. The van der Waals surface area contributed by atoms with Crippen molar-refractivity contribution in [3.05, 3.63) is 30.3 Å². The Kier molecular flexibility index (Phi) is 2.90. The second-order valence-corrected chi connectivity index (χ2v) is 3.88. The van der Waals surface area contributed by atoms with Crippen LogP contribution in [0.3, 0.4) is 0 Å². The molecule has 2 heteroatoms. The third-order valence-corrected chi connectivity index (χ3v) is 2.58. The van der Waals surface area contributed by atoms with E-state index in [0.717, 1.165) is 0 Å². The van der Waals surface area contributed by atoms with E-state index in [1.54, 1.807) is 0 Å². The van der Waals surface area contributed by atoms with Crippen LogP contribution >= 0.6 is 0 Å². The number of anilines is 1. The monoisotopic (exact) mass is 227 g/mol. The zero-order valence-electron chi connectivity index (χ0n) is 5.39. The van der Waals surface area contributed by atoms with Crippen molar-refractivity contribution in [3.63, 3.8) is 0 Å². The van der Waals surface area contributed by atoms with Crippen molar-refractivity contribution < 1.29 is 0 Å². The predicted octanol–water partition coefficient (Wildman–Crippen LogP) is 1.77. The third-order valence-electron chi connectivity index (χ3n) is 1.04. The first-order valence-corrected chi connectivity index (χ1v) is 7.19. The first-order valence-electron chi connectivity index (χ1n) is 2.91. The number of rotatable bonds is 2. The molecule has 0 aliphatic rings. The molecule has 0 aliphatic carbocycles. The Labute approximate surface area is 66.0 Å². The summed E-state index contributed by atoms with van der Waals surface area (Å²) in [5.74, 6) is 0. The molecule has 0 saturated heterocycles. The predicted molar refractivity (Wildman–Crippen MR) is 41.7 cm³/mol. The molecule has 1 nitrogen and oxygen atoms in total. The minimum atomic E-state index is -0.264. The second kappa shape index (κ2) is 3.77. The Hall–Kier alpha value is -0.181. The van der Waals surface area contributed by atoms with E-state index in [4.69, 9.17) is 0 Å². The molecule has 2 radical (unpaired) electrons. The van der Waals surface area contributed by atoms with Gasteiger partial charge in [0.05, 0.1) is 0 Å². The molecule has 46 valence electrons. The van der Waals surface area contributed by atoms with Crippen molar-refractivity contribution in [2.75, 3.05) is 3.54 Å². The number of benzene rings is 1. The molecule has 0 fully saturated rings. The van der Waals surface area contributed by atoms with Gasteiger partial charge < -0.3 is 0 Å². The molecule has 1 rings (SSSR count). The topological polar surface area (TPSA) is 12.0 Å². The van der Waals surface area contributed by atoms with Crippen LogP contribution in [-0.2, 0) is 0 Å². The van der Waals surface area contributed by atoms with Crippen LogP contribution in [0.1, 0.15) is 0 Å². The van der Waals surface area contributed by atoms with E-state index in [9.17, 15) is 0 Å². The fourth-order valence-electron chi connectivity index (χ4n) is 0.666. The molecule has 0 bridgehead atoms. The van der Waals surface area contributed by atoms with Crippen molar-refractivity contribution in [1.82, 2.24) is 0 Å². The summed E-state index contributed by atoms with van der Waals surface area (Å²) < 4.78 is 3.38. The Balaban J connectivity index is 2.61. The van der Waals surface area contributed by atoms with Crippen molar-refractivity contribution in [1.29, 1.82) is 0 Å². The SMILES string of the molecule is [CH3][Sn][NH]c1ccccc1. The fraction of sp³-hybridized carbons (Fsp3) is 0.143. The first-order chi connectivity index (χ1) is 4.43. The van der Waals surface area contributed by atoms with Crippen LogP contribution < -0.4 is 3.54 Å². The molecule has 0 atom stereocenters. The second-order valence-electron chi connectivity index (χ2n) is 1.74. The Morgan fingerprint density at radius 2 is 1.89 bits per heavy atom. The van der Waals surface area contributed by atoms with Crippen molar-refractivity contribution in [2.24, 2.45) is 0 Å². The summed E-state index contributed by atoms with van der Waals surface area (Å²) in [6, 6.07) is 10.3. The van der Waals surface area contributed by atoms with Gasteiger partial charge in [0.2, 0.25) is 0 Å². The average Bonchev–Trinajstić information content (AvgIpc) is 1.91. The van der Waals surface area contributed by atoms with Crippen LogP contribution in [-0.4, -0.2) is 21.4 Å². The summed E-state index contributed by atoms with van der Waals surface area (Å²) in [5.41, 5.74) is 1.27. The van der Waals surface area contributed by atoms with Crippen LogP contribution in [0.15, 0.2) is 30.3 Å². The molecular formula is C7H9NSn. The maximum absolute atomic E-state index is 3.38. The van der Waals surface area contributed by atoms with Gasteiger partial charge >= 0.3 is 65.9 Å². The minimum absolute atomic E-state index is 0.264. The van der Waals surface area contributed by atoms with Gasteiger partial charge in [-0.25, -0.2) is 0 Å². The van der Waals surface area contributed by atoms with Gasteiger partial charge in [-0.3, -0.25) is 0 Å². The van der Waals surface area contributed by atoms with Gasteiger partial charge in [0.25, 0.3) is 0 Å². The van der Waals surface area contributed by atoms with Gasteiger partial charge in [-0.1, -0.05) is 0 Å². The summed E-state index contributed by atoms with van der Waals surface area (Å²) in [5, 5.41) is 0. The van der Waals surface area contributed by atoms with Gasteiger partial charge in [-0.15, -0.1) is 0 Å². The molecule has 0 heterocycles. The summed E-state index contributed by atoms with van der Waals surface area (Å²) in [6.07, 6.45) is 0. The molecule has 0 spiro atoms. The average molecular weight is 226 g/mol. The first kappa shape index (κ1) is 6.93. The number of hydrogen-bond acceptors (Lipinski definition) is 1. The van der Waals surface area contributed by atoms with E-state index in [-0.39, 0.29) is 21.4 Å². The van der Waals surface area contributed by atoms with E-state index < -0.39 is 0 Å². The Bertz CT molecular complexity index is 162. The maximum atomic E-state index is 3.38. The van der Waals surface area contributed by atoms with Crippen molar-refractivity contribution in [3.8, 4) is 0 Å². The summed E-state index contributed by atoms with van der Waals surface area (Å²) in [4.78, 5) is 2.26. The summed E-state index contributed by atoms with van der Waals surface area (Å²) >= 11 is -0.264. The van der Waals surface area contributed by atoms with Crippen LogP contribution in [0.25, 0.3) is 0 Å². The van der Waals surface area contributed by atoms with Gasteiger partial charge in [0.15, 0.2) is 0 Å². The van der Waals surface area contributed by atoms with Crippen LogP contribution in [0, 0.1) is 0 Å². The molecule has 0 unspecified atom stereocenters. The number of para-hydroxylation sites is 1. The van der Waals surface area contributed by atoms with Crippen LogP contribution in [0.5, 0.6) is 0 Å². The molecule has 0 saturated carbocycles. The molecule has 1 N–H and O–H groups in total. The normalized spacial score (nSPS) is 9.00. The van der Waals surface area contributed by atoms with E-state index in [0.29, 0.717) is 0 Å². The molecule has 1 aromatic carbocycles. The molecule has 1 aromatic rings. The van der Waals surface area contributed by atoms with E-state index in [1.165, 1.54) is 5.69 Å². The fourth-order valence-corrected chi connectivity index (χ4v) is 1.97. The summed E-state index contributed by atoms with van der Waals surface area (Å²) in [6.45, 7) is 0. The van der Waals surface area contributed by atoms with Gasteiger partial charge in [0, 0.05) is 0 Å². The van der Waals surface area contributed by atoms with E-state index in [1.807, 2.05) is 6.07 Å². The molecule has 0 amide bonds. The Morgan fingerprint density at radius 3 is 2.44 bits per heavy atom. The van der Waals surface area contributed by atoms with Gasteiger partial charge in [-0.2, -0.15) is 0 Å². The van der Waals surface area contributed by atoms with E-state index >= 15 is 0 Å². The zero-order chi connectivity index (χ0) is 6.53. The van der Waals surface area contributed by atoms with Crippen LogP contribution in [0.2, 0.25) is 4.94 Å². The van der Waals surface area contributed by atoms with Crippen molar-refractivity contribution >= 4 is 27.1 Å². The molecule has 9 heavy (non-hydrogen) atoms. The van der Waals surface area contributed by atoms with Crippen molar-refractivity contribution in [2.45, 2.75) is 4.94 Å². The van der Waals surface area contributed by atoms with Gasteiger partial charge in [-0.05, 0) is 0 Å². The number of hydrogen-bond donors (Lipinski definition) is 1. The zero-order valence-corrected chi connectivity index (χ0v) is 8.24. The standard InChI is InChI=1S/C6H6N.CH3.Sn/c7-6-4-2-1-3-5-6;;/h1-5,7H;1H3;/q-1;;+1. The van der Waals surface area contributed by atoms with E-state index in [2.05, 4.69) is 32.7 Å². The van der Waals surface area contributed by atoms with Crippen LogP contribution in [0.4, 0.5) is 5.69 Å².